The number of nitrogens with zero attached hydrogens (tertiary/aromatic N) is 2. The van der Waals surface area contributed by atoms with Crippen molar-refractivity contribution in [2.45, 2.75) is 13.3 Å². The average Bonchev–Trinajstić information content (AvgIpc) is 3.03. The largest absolute Gasteiger partial charge is 0.350 e. The van der Waals surface area contributed by atoms with Crippen LogP contribution in [-0.2, 0) is 16.0 Å². The van der Waals surface area contributed by atoms with E-state index < -0.39 is 22.6 Å². The second-order valence-corrected chi connectivity index (χ2v) is 7.16. The Morgan fingerprint density at radius 3 is 2.25 bits per heavy atom. The summed E-state index contributed by atoms with van der Waals surface area (Å²) in [7, 11) is 0. The molecule has 4 rings (SSSR count). The van der Waals surface area contributed by atoms with Crippen molar-refractivity contribution >= 4 is 34.4 Å². The first-order valence-electron chi connectivity index (χ1n) is 9.88. The van der Waals surface area contributed by atoms with Crippen molar-refractivity contribution in [2.24, 2.45) is 0 Å². The van der Waals surface area contributed by atoms with E-state index in [1.165, 1.54) is 42.5 Å². The highest BCUT2D eigenvalue weighted by Crippen LogP contribution is 2.34. The molecule has 1 N–H and O–H groups in total. The Bertz CT molecular complexity index is 1250. The number of imide groups is 1. The molecule has 1 aliphatic heterocycles. The Hall–Kier alpha value is -4.33. The van der Waals surface area contributed by atoms with E-state index in [1.54, 1.807) is 12.1 Å². The summed E-state index contributed by atoms with van der Waals surface area (Å²) in [6.07, 6.45) is 0.849. The predicted octanol–water partition coefficient (Wildman–Crippen LogP) is 4.69. The number of aryl methyl sites for hydroxylation is 1. The molecule has 0 radical (unpaired) electrons. The number of carbonyl (C=O) groups excluding carboxylic acids is 2. The number of amides is 2. The number of benzene rings is 3. The zero-order valence-electron chi connectivity index (χ0n) is 17.0. The molecule has 32 heavy (non-hydrogen) atoms. The van der Waals surface area contributed by atoms with Crippen molar-refractivity contribution in [2.75, 3.05) is 10.2 Å². The van der Waals surface area contributed by atoms with Crippen molar-refractivity contribution < 1.29 is 18.9 Å². The topological polar surface area (TPSA) is 92.6 Å². The molecule has 2 amide bonds. The summed E-state index contributed by atoms with van der Waals surface area (Å²) in [5.74, 6) is -1.88. The maximum absolute atomic E-state index is 13.8. The van der Waals surface area contributed by atoms with Gasteiger partial charge in [0.2, 0.25) is 0 Å². The van der Waals surface area contributed by atoms with Gasteiger partial charge in [0.15, 0.2) is 0 Å². The summed E-state index contributed by atoms with van der Waals surface area (Å²) in [6, 6.07) is 17.9. The van der Waals surface area contributed by atoms with Crippen LogP contribution in [0.1, 0.15) is 18.1 Å². The number of rotatable bonds is 6. The third-order valence-electron chi connectivity index (χ3n) is 5.15. The number of hydrogen-bond donors (Lipinski definition) is 1. The number of carbonyl (C=O) groups is 2. The van der Waals surface area contributed by atoms with Crippen molar-refractivity contribution in [1.82, 2.24) is 0 Å². The number of halogens is 1. The summed E-state index contributed by atoms with van der Waals surface area (Å²) in [5, 5.41) is 14.0. The van der Waals surface area contributed by atoms with E-state index in [0.717, 1.165) is 23.0 Å². The molecule has 0 saturated carbocycles. The van der Waals surface area contributed by atoms with E-state index in [4.69, 9.17) is 0 Å². The Labute approximate surface area is 182 Å². The van der Waals surface area contributed by atoms with Crippen LogP contribution in [0.3, 0.4) is 0 Å². The molecule has 3 aromatic carbocycles. The van der Waals surface area contributed by atoms with Gasteiger partial charge in [0.25, 0.3) is 17.5 Å². The van der Waals surface area contributed by atoms with Crippen LogP contribution in [0.2, 0.25) is 0 Å². The second-order valence-electron chi connectivity index (χ2n) is 7.16. The van der Waals surface area contributed by atoms with Gasteiger partial charge in [0, 0.05) is 17.8 Å². The van der Waals surface area contributed by atoms with Gasteiger partial charge in [-0.15, -0.1) is 0 Å². The van der Waals surface area contributed by atoms with Crippen LogP contribution in [0.25, 0.3) is 5.57 Å². The van der Waals surface area contributed by atoms with Crippen molar-refractivity contribution in [3.05, 3.63) is 106 Å². The maximum atomic E-state index is 13.8. The van der Waals surface area contributed by atoms with Gasteiger partial charge in [-0.1, -0.05) is 25.1 Å². The first kappa shape index (κ1) is 20.9. The van der Waals surface area contributed by atoms with Crippen LogP contribution in [0.4, 0.5) is 21.5 Å². The van der Waals surface area contributed by atoms with Crippen LogP contribution in [0.15, 0.2) is 78.5 Å². The Balaban J connectivity index is 1.80. The molecule has 0 unspecified atom stereocenters. The van der Waals surface area contributed by atoms with Crippen LogP contribution in [-0.4, -0.2) is 16.7 Å². The molecular formula is C24H18FN3O4. The third kappa shape index (κ3) is 3.85. The van der Waals surface area contributed by atoms with E-state index in [2.05, 4.69) is 5.32 Å². The first-order chi connectivity index (χ1) is 15.4. The highest BCUT2D eigenvalue weighted by Gasteiger charge is 2.40. The van der Waals surface area contributed by atoms with Gasteiger partial charge in [-0.2, -0.15) is 0 Å². The Morgan fingerprint density at radius 2 is 1.66 bits per heavy atom. The van der Waals surface area contributed by atoms with Crippen molar-refractivity contribution in [3.63, 3.8) is 0 Å². The van der Waals surface area contributed by atoms with Gasteiger partial charge >= 0.3 is 0 Å². The monoisotopic (exact) mass is 431 g/mol. The van der Waals surface area contributed by atoms with Crippen LogP contribution in [0.5, 0.6) is 0 Å². The maximum Gasteiger partial charge on any atom is 0.282 e. The van der Waals surface area contributed by atoms with E-state index in [-0.39, 0.29) is 22.6 Å². The zero-order chi connectivity index (χ0) is 22.8. The number of nitro groups is 1. The molecule has 1 aliphatic rings. The minimum Gasteiger partial charge on any atom is -0.350 e. The summed E-state index contributed by atoms with van der Waals surface area (Å²) in [4.78, 5) is 37.9. The lowest BCUT2D eigenvalue weighted by atomic mass is 10.0. The second kappa shape index (κ2) is 8.43. The molecule has 160 valence electrons. The molecule has 0 saturated heterocycles. The lowest BCUT2D eigenvalue weighted by Crippen LogP contribution is -2.32. The van der Waals surface area contributed by atoms with Gasteiger partial charge in [-0.25, -0.2) is 9.29 Å². The standard InChI is InChI=1S/C24H18FN3O4/c1-2-15-6-10-18(11-7-15)26-22-21(16-8-12-19(13-9-16)28(31)32)23(29)27(24(22)30)20-5-3-4-17(25)14-20/h3-14,26H,2H2,1H3. The fourth-order valence-electron chi connectivity index (χ4n) is 3.48. The molecule has 0 aromatic heterocycles. The summed E-state index contributed by atoms with van der Waals surface area (Å²) in [5.41, 5.74) is 2.05. The number of nitrogens with one attached hydrogen (secondary N) is 1. The lowest BCUT2D eigenvalue weighted by Gasteiger charge is -2.15. The van der Waals surface area contributed by atoms with Crippen LogP contribution >= 0.6 is 0 Å². The first-order valence-corrected chi connectivity index (χ1v) is 9.88. The smallest absolute Gasteiger partial charge is 0.282 e. The molecule has 0 bridgehead atoms. The fraction of sp³-hybridized carbons (Fsp3) is 0.0833. The lowest BCUT2D eigenvalue weighted by molar-refractivity contribution is -0.384. The fourth-order valence-corrected chi connectivity index (χ4v) is 3.48. The molecule has 0 fully saturated rings. The Kier molecular flexibility index (Phi) is 5.51. The van der Waals surface area contributed by atoms with E-state index in [1.807, 2.05) is 19.1 Å². The van der Waals surface area contributed by atoms with E-state index in [0.29, 0.717) is 11.3 Å². The van der Waals surface area contributed by atoms with Gasteiger partial charge in [-0.05, 0) is 60.0 Å². The normalized spacial score (nSPS) is 13.6. The SMILES string of the molecule is CCc1ccc(NC2=C(c3ccc([N+](=O)[O-])cc3)C(=O)N(c3cccc(F)c3)C2=O)cc1. The molecule has 8 heteroatoms. The van der Waals surface area contributed by atoms with Gasteiger partial charge in [0.05, 0.1) is 16.2 Å². The molecule has 7 nitrogen and oxygen atoms in total. The minimum absolute atomic E-state index is 0.0114. The summed E-state index contributed by atoms with van der Waals surface area (Å²) >= 11 is 0. The number of non-ortho nitro benzene ring substituents is 1. The van der Waals surface area contributed by atoms with E-state index >= 15 is 0 Å². The van der Waals surface area contributed by atoms with Gasteiger partial charge < -0.3 is 5.32 Å². The molecule has 0 aliphatic carbocycles. The van der Waals surface area contributed by atoms with Crippen molar-refractivity contribution in [1.29, 1.82) is 0 Å². The quantitative estimate of drug-likeness (QED) is 0.347. The molecule has 1 heterocycles. The molecule has 0 spiro atoms. The van der Waals surface area contributed by atoms with Crippen LogP contribution in [0, 0.1) is 15.9 Å². The van der Waals surface area contributed by atoms with Crippen molar-refractivity contribution in [3.8, 4) is 0 Å². The predicted molar refractivity (Wildman–Crippen MR) is 118 cm³/mol. The molecular weight excluding hydrogens is 413 g/mol. The number of anilines is 2. The summed E-state index contributed by atoms with van der Waals surface area (Å²) in [6.45, 7) is 2.02. The highest BCUT2D eigenvalue weighted by molar-refractivity contribution is 6.46. The average molecular weight is 431 g/mol. The number of nitro benzene ring substituents is 1. The van der Waals surface area contributed by atoms with Gasteiger partial charge in [-0.3, -0.25) is 19.7 Å². The minimum atomic E-state index is -0.651. The third-order valence-corrected chi connectivity index (χ3v) is 5.15. The highest BCUT2D eigenvalue weighted by atomic mass is 19.1. The zero-order valence-corrected chi connectivity index (χ0v) is 17.0. The summed E-state index contributed by atoms with van der Waals surface area (Å²) < 4.78 is 13.8. The Morgan fingerprint density at radius 1 is 0.969 bits per heavy atom. The molecule has 0 atom stereocenters. The van der Waals surface area contributed by atoms with E-state index in [9.17, 15) is 24.1 Å². The van der Waals surface area contributed by atoms with Crippen LogP contribution < -0.4 is 10.2 Å². The van der Waals surface area contributed by atoms with Gasteiger partial charge in [0.1, 0.15) is 11.5 Å². The molecule has 3 aromatic rings. The number of hydrogen-bond acceptors (Lipinski definition) is 5.